The van der Waals surface area contributed by atoms with Gasteiger partial charge in [-0.25, -0.2) is 9.50 Å². The summed E-state index contributed by atoms with van der Waals surface area (Å²) < 4.78 is 40.0. The van der Waals surface area contributed by atoms with Crippen molar-refractivity contribution >= 4 is 11.6 Å². The van der Waals surface area contributed by atoms with E-state index < -0.39 is 11.7 Å². The molecule has 2 heterocycles. The fourth-order valence-electron chi connectivity index (χ4n) is 3.16. The highest BCUT2D eigenvalue weighted by Crippen LogP contribution is 2.32. The SMILES string of the molecule is CCCCC(NC(C)=O)c1ccnc2c(-c3ccc(C(F)(F)F)cc3)cnn12. The van der Waals surface area contributed by atoms with Gasteiger partial charge in [-0.2, -0.15) is 18.3 Å². The predicted octanol–water partition coefficient (Wildman–Crippen LogP) is 4.78. The van der Waals surface area contributed by atoms with E-state index in [4.69, 9.17) is 0 Å². The average Bonchev–Trinajstić information content (AvgIpc) is 3.08. The van der Waals surface area contributed by atoms with Crippen LogP contribution in [0.15, 0.2) is 42.7 Å². The van der Waals surface area contributed by atoms with Gasteiger partial charge in [0, 0.05) is 18.7 Å². The van der Waals surface area contributed by atoms with Crippen LogP contribution in [0.3, 0.4) is 0 Å². The van der Waals surface area contributed by atoms with Crippen LogP contribution >= 0.6 is 0 Å². The third-order valence-corrected chi connectivity index (χ3v) is 4.53. The molecule has 0 saturated heterocycles. The van der Waals surface area contributed by atoms with Gasteiger partial charge in [-0.05, 0) is 30.2 Å². The van der Waals surface area contributed by atoms with E-state index in [0.717, 1.165) is 37.1 Å². The van der Waals surface area contributed by atoms with Crippen molar-refractivity contribution in [3.63, 3.8) is 0 Å². The van der Waals surface area contributed by atoms with Crippen molar-refractivity contribution < 1.29 is 18.0 Å². The van der Waals surface area contributed by atoms with E-state index in [9.17, 15) is 18.0 Å². The molecule has 3 aromatic rings. The normalized spacial score (nSPS) is 12.9. The van der Waals surface area contributed by atoms with Gasteiger partial charge in [-0.15, -0.1) is 0 Å². The van der Waals surface area contributed by atoms with E-state index in [1.165, 1.54) is 19.1 Å². The molecule has 0 saturated carbocycles. The number of amides is 1. The zero-order valence-electron chi connectivity index (χ0n) is 15.6. The molecule has 8 heteroatoms. The van der Waals surface area contributed by atoms with E-state index in [2.05, 4.69) is 22.3 Å². The molecule has 1 aromatic carbocycles. The van der Waals surface area contributed by atoms with Gasteiger partial charge < -0.3 is 5.32 Å². The van der Waals surface area contributed by atoms with Gasteiger partial charge in [0.05, 0.1) is 23.5 Å². The average molecular weight is 390 g/mol. The van der Waals surface area contributed by atoms with Gasteiger partial charge in [0.15, 0.2) is 5.65 Å². The highest BCUT2D eigenvalue weighted by molar-refractivity contribution is 5.77. The molecule has 0 bridgehead atoms. The van der Waals surface area contributed by atoms with Crippen LogP contribution < -0.4 is 5.32 Å². The Bertz CT molecular complexity index is 964. The molecule has 148 valence electrons. The Morgan fingerprint density at radius 1 is 1.21 bits per heavy atom. The number of aromatic nitrogens is 3. The number of nitrogens with one attached hydrogen (secondary N) is 1. The number of hydrogen-bond donors (Lipinski definition) is 1. The van der Waals surface area contributed by atoms with Crippen LogP contribution in [0.1, 0.15) is 50.4 Å². The summed E-state index contributed by atoms with van der Waals surface area (Å²) in [5, 5.41) is 7.33. The monoisotopic (exact) mass is 390 g/mol. The lowest BCUT2D eigenvalue weighted by Crippen LogP contribution is -2.27. The van der Waals surface area contributed by atoms with Gasteiger partial charge in [0.25, 0.3) is 0 Å². The third-order valence-electron chi connectivity index (χ3n) is 4.53. The number of carbonyl (C=O) groups is 1. The summed E-state index contributed by atoms with van der Waals surface area (Å²) >= 11 is 0. The Balaban J connectivity index is 2.01. The Labute approximate surface area is 160 Å². The summed E-state index contributed by atoms with van der Waals surface area (Å²) in [7, 11) is 0. The first kappa shape index (κ1) is 19.9. The molecule has 1 unspecified atom stereocenters. The second-order valence-corrected chi connectivity index (χ2v) is 6.63. The van der Waals surface area contributed by atoms with Crippen molar-refractivity contribution in [2.45, 2.75) is 45.3 Å². The summed E-state index contributed by atoms with van der Waals surface area (Å²) in [5.74, 6) is -0.138. The first-order chi connectivity index (χ1) is 13.3. The maximum atomic E-state index is 12.8. The number of unbranched alkanes of at least 4 members (excludes halogenated alkanes) is 1. The molecule has 28 heavy (non-hydrogen) atoms. The molecule has 0 spiro atoms. The molecular weight excluding hydrogens is 369 g/mol. The molecule has 2 aromatic heterocycles. The molecule has 5 nitrogen and oxygen atoms in total. The number of rotatable bonds is 6. The summed E-state index contributed by atoms with van der Waals surface area (Å²) in [6, 6.07) is 6.50. The van der Waals surface area contributed by atoms with Crippen LogP contribution in [-0.4, -0.2) is 20.5 Å². The van der Waals surface area contributed by atoms with Gasteiger partial charge in [-0.3, -0.25) is 4.79 Å². The maximum Gasteiger partial charge on any atom is 0.416 e. The van der Waals surface area contributed by atoms with E-state index in [1.807, 2.05) is 0 Å². The number of hydrogen-bond acceptors (Lipinski definition) is 3. The van der Waals surface area contributed by atoms with Crippen molar-refractivity contribution in [2.75, 3.05) is 0 Å². The lowest BCUT2D eigenvalue weighted by atomic mass is 10.1. The van der Waals surface area contributed by atoms with Crippen molar-refractivity contribution in [3.05, 3.63) is 54.0 Å². The van der Waals surface area contributed by atoms with Crippen LogP contribution in [0.2, 0.25) is 0 Å². The standard InChI is InChI=1S/C20H21F3N4O/c1-3-4-5-17(26-13(2)28)18-10-11-24-19-16(12-25-27(18)19)14-6-8-15(9-7-14)20(21,22)23/h6-12,17H,3-5H2,1-2H3,(H,26,28). The third kappa shape index (κ3) is 4.16. The van der Waals surface area contributed by atoms with Crippen LogP contribution in [-0.2, 0) is 11.0 Å². The molecule has 1 amide bonds. The summed E-state index contributed by atoms with van der Waals surface area (Å²) in [5.41, 5.74) is 1.84. The van der Waals surface area contributed by atoms with Crippen molar-refractivity contribution in [1.29, 1.82) is 0 Å². The highest BCUT2D eigenvalue weighted by atomic mass is 19.4. The number of benzene rings is 1. The Morgan fingerprint density at radius 2 is 1.93 bits per heavy atom. The highest BCUT2D eigenvalue weighted by Gasteiger charge is 2.30. The second kappa shape index (κ2) is 8.00. The molecule has 0 fully saturated rings. The number of alkyl halides is 3. The molecule has 0 aliphatic rings. The van der Waals surface area contributed by atoms with E-state index in [1.54, 1.807) is 23.0 Å². The molecule has 3 rings (SSSR count). The largest absolute Gasteiger partial charge is 0.416 e. The topological polar surface area (TPSA) is 59.3 Å². The van der Waals surface area contributed by atoms with Crippen LogP contribution in [0, 0.1) is 0 Å². The number of fused-ring (bicyclic) bond motifs is 1. The molecule has 0 aliphatic heterocycles. The summed E-state index contributed by atoms with van der Waals surface area (Å²) in [4.78, 5) is 16.0. The minimum atomic E-state index is -4.38. The lowest BCUT2D eigenvalue weighted by Gasteiger charge is -2.18. The maximum absolute atomic E-state index is 12.8. The van der Waals surface area contributed by atoms with E-state index >= 15 is 0 Å². The molecule has 1 atom stereocenters. The Kier molecular flexibility index (Phi) is 5.67. The van der Waals surface area contributed by atoms with Gasteiger partial charge in [0.2, 0.25) is 5.91 Å². The first-order valence-corrected chi connectivity index (χ1v) is 9.08. The van der Waals surface area contributed by atoms with Gasteiger partial charge in [-0.1, -0.05) is 31.9 Å². The van der Waals surface area contributed by atoms with Crippen molar-refractivity contribution in [3.8, 4) is 11.1 Å². The minimum Gasteiger partial charge on any atom is -0.348 e. The Hall–Kier alpha value is -2.90. The number of halogens is 3. The van der Waals surface area contributed by atoms with Crippen molar-refractivity contribution in [1.82, 2.24) is 19.9 Å². The van der Waals surface area contributed by atoms with Gasteiger partial charge in [0.1, 0.15) is 0 Å². The molecular formula is C20H21F3N4O. The smallest absolute Gasteiger partial charge is 0.348 e. The first-order valence-electron chi connectivity index (χ1n) is 9.08. The zero-order chi connectivity index (χ0) is 20.3. The summed E-state index contributed by atoms with van der Waals surface area (Å²) in [6.07, 6.45) is 1.50. The second-order valence-electron chi connectivity index (χ2n) is 6.63. The van der Waals surface area contributed by atoms with Crippen LogP contribution in [0.5, 0.6) is 0 Å². The van der Waals surface area contributed by atoms with E-state index in [0.29, 0.717) is 16.8 Å². The number of nitrogens with zero attached hydrogens (tertiary/aromatic N) is 3. The Morgan fingerprint density at radius 3 is 2.54 bits per heavy atom. The fourth-order valence-corrected chi connectivity index (χ4v) is 3.16. The molecule has 0 aliphatic carbocycles. The molecule has 0 radical (unpaired) electrons. The van der Waals surface area contributed by atoms with E-state index in [-0.39, 0.29) is 11.9 Å². The molecule has 1 N–H and O–H groups in total. The minimum absolute atomic E-state index is 0.138. The van der Waals surface area contributed by atoms with Crippen molar-refractivity contribution in [2.24, 2.45) is 0 Å². The lowest BCUT2D eigenvalue weighted by molar-refractivity contribution is -0.137. The van der Waals surface area contributed by atoms with Crippen LogP contribution in [0.4, 0.5) is 13.2 Å². The zero-order valence-corrected chi connectivity index (χ0v) is 15.6. The fraction of sp³-hybridized carbons (Fsp3) is 0.350. The summed E-state index contributed by atoms with van der Waals surface area (Å²) in [6.45, 7) is 3.54. The quantitative estimate of drug-likeness (QED) is 0.659. The van der Waals surface area contributed by atoms with Crippen LogP contribution in [0.25, 0.3) is 16.8 Å². The predicted molar refractivity (Wildman–Crippen MR) is 99.5 cm³/mol. The van der Waals surface area contributed by atoms with Gasteiger partial charge >= 0.3 is 6.18 Å². The number of carbonyl (C=O) groups excluding carboxylic acids is 1.